The van der Waals surface area contributed by atoms with Crippen LogP contribution in [0.1, 0.15) is 41.4 Å². The van der Waals surface area contributed by atoms with E-state index in [1.54, 1.807) is 11.8 Å². The molecule has 2 unspecified atom stereocenters. The molecule has 1 aromatic heterocycles. The fourth-order valence-corrected chi connectivity index (χ4v) is 6.25. The van der Waals surface area contributed by atoms with Crippen LogP contribution >= 0.6 is 11.8 Å². The number of rotatable bonds is 6. The molecule has 0 aromatic carbocycles. The van der Waals surface area contributed by atoms with Gasteiger partial charge < -0.3 is 15.0 Å². The number of aromatic nitrogens is 1. The lowest BCUT2D eigenvalue weighted by Gasteiger charge is -2.20. The van der Waals surface area contributed by atoms with E-state index >= 15 is 0 Å². The Hall–Kier alpha value is -2.72. The third-order valence-electron chi connectivity index (χ3n) is 5.82. The number of nitrogens with one attached hydrogen (secondary N) is 1. The highest BCUT2D eigenvalue weighted by Gasteiger charge is 2.27. The second kappa shape index (κ2) is 10.0. The molecule has 8 nitrogen and oxygen atoms in total. The van der Waals surface area contributed by atoms with E-state index in [2.05, 4.69) is 30.5 Å². The van der Waals surface area contributed by atoms with Gasteiger partial charge >= 0.3 is 5.97 Å². The second-order valence-electron chi connectivity index (χ2n) is 8.25. The highest BCUT2D eigenvalue weighted by atomic mass is 32.2. The Morgan fingerprint density at radius 2 is 2.18 bits per heavy atom. The zero-order valence-electron chi connectivity index (χ0n) is 18.2. The van der Waals surface area contributed by atoms with E-state index in [9.17, 15) is 18.6 Å². The van der Waals surface area contributed by atoms with Gasteiger partial charge in [-0.15, -0.1) is 11.8 Å². The lowest BCUT2D eigenvalue weighted by molar-refractivity contribution is -0.135. The molecule has 0 bridgehead atoms. The van der Waals surface area contributed by atoms with Gasteiger partial charge in [0.15, 0.2) is 0 Å². The molecule has 0 spiro atoms. The van der Waals surface area contributed by atoms with Crippen LogP contribution in [0.25, 0.3) is 0 Å². The van der Waals surface area contributed by atoms with Crippen LogP contribution in [0.15, 0.2) is 50.8 Å². The van der Waals surface area contributed by atoms with Gasteiger partial charge in [-0.1, -0.05) is 25.2 Å². The summed E-state index contributed by atoms with van der Waals surface area (Å²) in [5.41, 5.74) is 3.52. The number of carboxylic acids is 1. The first kappa shape index (κ1) is 23.4. The largest absolute Gasteiger partial charge is 0.480 e. The SMILES string of the molecule is CC1CCC=CC=C1C1=CSCC(Cn2c3c(cc(C(=O)NCC(=O)O)c2=O)CS(=O)C3)=N1. The number of hydrogen-bond acceptors (Lipinski definition) is 6. The Morgan fingerprint density at radius 3 is 2.97 bits per heavy atom. The van der Waals surface area contributed by atoms with Gasteiger partial charge in [0, 0.05) is 28.0 Å². The van der Waals surface area contributed by atoms with E-state index in [-0.39, 0.29) is 23.6 Å². The first-order valence-electron chi connectivity index (χ1n) is 10.7. The minimum absolute atomic E-state index is 0.140. The van der Waals surface area contributed by atoms with Crippen LogP contribution in [0.3, 0.4) is 0 Å². The van der Waals surface area contributed by atoms with E-state index in [0.717, 1.165) is 29.8 Å². The Kier molecular flexibility index (Phi) is 7.14. The number of thioether (sulfide) groups is 1. The number of aliphatic carboxylic acids is 1. The summed E-state index contributed by atoms with van der Waals surface area (Å²) >= 11 is 1.62. The predicted octanol–water partition coefficient (Wildman–Crippen LogP) is 2.37. The molecule has 3 aliphatic rings. The fraction of sp³-hybridized carbons (Fsp3) is 0.391. The van der Waals surface area contributed by atoms with Crippen molar-refractivity contribution in [3.8, 4) is 0 Å². The van der Waals surface area contributed by atoms with Crippen molar-refractivity contribution in [2.45, 2.75) is 37.8 Å². The molecular weight excluding hydrogens is 462 g/mol. The van der Waals surface area contributed by atoms with Crippen molar-refractivity contribution in [2.75, 3.05) is 12.3 Å². The minimum atomic E-state index is -1.20. The van der Waals surface area contributed by atoms with Crippen molar-refractivity contribution < 1.29 is 18.9 Å². The average Bonchev–Trinajstić information content (AvgIpc) is 3.02. The molecule has 174 valence electrons. The van der Waals surface area contributed by atoms with Crippen molar-refractivity contribution in [3.63, 3.8) is 0 Å². The third-order valence-corrected chi connectivity index (χ3v) is 7.94. The van der Waals surface area contributed by atoms with Gasteiger partial charge in [-0.2, -0.15) is 0 Å². The molecule has 0 saturated carbocycles. The quantitative estimate of drug-likeness (QED) is 0.636. The Morgan fingerprint density at radius 1 is 1.36 bits per heavy atom. The number of fused-ring (bicyclic) bond motifs is 1. The summed E-state index contributed by atoms with van der Waals surface area (Å²) in [5, 5.41) is 13.1. The number of nitrogens with zero attached hydrogens (tertiary/aromatic N) is 2. The molecule has 33 heavy (non-hydrogen) atoms. The summed E-state index contributed by atoms with van der Waals surface area (Å²) in [6.45, 7) is 1.79. The number of carbonyl (C=O) groups is 2. The van der Waals surface area contributed by atoms with Gasteiger partial charge in [0.25, 0.3) is 11.5 Å². The molecule has 4 rings (SSSR count). The van der Waals surface area contributed by atoms with Crippen LogP contribution in [0.2, 0.25) is 0 Å². The zero-order chi connectivity index (χ0) is 23.5. The molecule has 10 heteroatoms. The highest BCUT2D eigenvalue weighted by molar-refractivity contribution is 8.02. The lowest BCUT2D eigenvalue weighted by Crippen LogP contribution is -2.38. The van der Waals surface area contributed by atoms with Crippen molar-refractivity contribution in [2.24, 2.45) is 10.9 Å². The number of hydrogen-bond donors (Lipinski definition) is 2. The normalized spacial score (nSPS) is 22.0. The fourth-order valence-electron chi connectivity index (χ4n) is 4.13. The Balaban J connectivity index is 1.67. The van der Waals surface area contributed by atoms with E-state index in [4.69, 9.17) is 10.1 Å². The molecule has 0 radical (unpaired) electrons. The van der Waals surface area contributed by atoms with Crippen LogP contribution in [0.4, 0.5) is 0 Å². The van der Waals surface area contributed by atoms with E-state index in [1.807, 2.05) is 5.41 Å². The molecular formula is C23H25N3O5S2. The number of aliphatic imine (C=N–C) groups is 1. The van der Waals surface area contributed by atoms with Crippen LogP contribution in [0.5, 0.6) is 0 Å². The summed E-state index contributed by atoms with van der Waals surface area (Å²) in [6, 6.07) is 1.45. The monoisotopic (exact) mass is 487 g/mol. The van der Waals surface area contributed by atoms with Gasteiger partial charge in [0.05, 0.1) is 23.7 Å². The van der Waals surface area contributed by atoms with E-state index < -0.39 is 34.8 Å². The zero-order valence-corrected chi connectivity index (χ0v) is 19.8. The number of pyridine rings is 1. The molecule has 2 aliphatic heterocycles. The predicted molar refractivity (Wildman–Crippen MR) is 130 cm³/mol. The van der Waals surface area contributed by atoms with Gasteiger partial charge in [-0.3, -0.25) is 23.6 Å². The molecule has 1 aromatic rings. The van der Waals surface area contributed by atoms with E-state index in [0.29, 0.717) is 22.9 Å². The van der Waals surface area contributed by atoms with Crippen LogP contribution in [0, 0.1) is 5.92 Å². The number of amides is 1. The van der Waals surface area contributed by atoms with Gasteiger partial charge in [0.1, 0.15) is 12.1 Å². The first-order valence-corrected chi connectivity index (χ1v) is 13.2. The Bertz CT molecular complexity index is 1210. The van der Waals surface area contributed by atoms with E-state index in [1.165, 1.54) is 10.6 Å². The summed E-state index contributed by atoms with van der Waals surface area (Å²) in [4.78, 5) is 41.4. The highest BCUT2D eigenvalue weighted by Crippen LogP contribution is 2.31. The maximum atomic E-state index is 13.2. The maximum absolute atomic E-state index is 13.2. The van der Waals surface area contributed by atoms with Crippen LogP contribution < -0.4 is 10.9 Å². The molecule has 2 N–H and O–H groups in total. The number of carboxylic acid groups (broad SMARTS) is 1. The topological polar surface area (TPSA) is 118 Å². The standard InChI is InChI=1S/C23H25N3O5S2/c1-14-5-3-2-4-6-17(14)19-11-32-10-16(25-19)9-26-20-13-33(31)12-15(20)7-18(23(26)30)22(29)24-8-21(27)28/h2,4,6-7,11,14H,3,5,8-10,12-13H2,1H3,(H,24,29)(H,27,28). The average molecular weight is 488 g/mol. The summed E-state index contributed by atoms with van der Waals surface area (Å²) in [7, 11) is -1.15. The molecule has 0 fully saturated rings. The van der Waals surface area contributed by atoms with Crippen LogP contribution in [-0.2, 0) is 33.6 Å². The van der Waals surface area contributed by atoms with Crippen molar-refractivity contribution >= 4 is 40.1 Å². The molecule has 1 amide bonds. The smallest absolute Gasteiger partial charge is 0.322 e. The molecule has 1 aliphatic carbocycles. The summed E-state index contributed by atoms with van der Waals surface area (Å²) < 4.78 is 13.7. The minimum Gasteiger partial charge on any atom is -0.480 e. The van der Waals surface area contributed by atoms with Crippen molar-refractivity contribution in [3.05, 3.63) is 68.1 Å². The van der Waals surface area contributed by atoms with Crippen molar-refractivity contribution in [1.29, 1.82) is 0 Å². The number of allylic oxidation sites excluding steroid dienone is 4. The van der Waals surface area contributed by atoms with Gasteiger partial charge in [0.2, 0.25) is 0 Å². The molecule has 0 saturated heterocycles. The second-order valence-corrected chi connectivity index (χ2v) is 10.6. The van der Waals surface area contributed by atoms with Gasteiger partial charge in [-0.25, -0.2) is 0 Å². The van der Waals surface area contributed by atoms with Gasteiger partial charge in [-0.05, 0) is 41.4 Å². The molecule has 2 atom stereocenters. The molecule has 3 heterocycles. The Labute approximate surface area is 198 Å². The summed E-state index contributed by atoms with van der Waals surface area (Å²) in [6.07, 6.45) is 8.36. The maximum Gasteiger partial charge on any atom is 0.322 e. The van der Waals surface area contributed by atoms with Crippen molar-refractivity contribution in [1.82, 2.24) is 9.88 Å². The third kappa shape index (κ3) is 5.27. The van der Waals surface area contributed by atoms with Crippen LogP contribution in [-0.4, -0.2) is 43.8 Å². The summed E-state index contributed by atoms with van der Waals surface area (Å²) in [5.74, 6) is -0.459. The lowest BCUT2D eigenvalue weighted by atomic mass is 9.95. The first-order chi connectivity index (χ1) is 15.8. The number of carbonyl (C=O) groups excluding carboxylic acids is 1.